The number of carbonyl (C=O) groups excluding carboxylic acids is 1. The maximum Gasteiger partial charge on any atom is 0.255 e. The number of carbonyl (C=O) groups is 1. The SMILES string of the molecule is COc1ccc(C(=O)Nc2ccc(OCCC3CCCCC3)cc2)cc1Br. The monoisotopic (exact) mass is 431 g/mol. The lowest BCUT2D eigenvalue weighted by molar-refractivity contribution is 0.102. The average Bonchev–Trinajstić information content (AvgIpc) is 2.70. The maximum absolute atomic E-state index is 12.4. The normalized spacial score (nSPS) is 14.6. The van der Waals surface area contributed by atoms with E-state index in [-0.39, 0.29) is 5.91 Å². The first-order chi connectivity index (χ1) is 13.2. The first-order valence-corrected chi connectivity index (χ1v) is 10.3. The van der Waals surface area contributed by atoms with Gasteiger partial charge in [0.05, 0.1) is 18.2 Å². The fourth-order valence-electron chi connectivity index (χ4n) is 3.46. The quantitative estimate of drug-likeness (QED) is 0.579. The van der Waals surface area contributed by atoms with Crippen LogP contribution in [0.4, 0.5) is 5.69 Å². The Hall–Kier alpha value is -2.01. The molecule has 3 rings (SSSR count). The Balaban J connectivity index is 1.49. The van der Waals surface area contributed by atoms with Crippen LogP contribution in [0.5, 0.6) is 11.5 Å². The third-order valence-electron chi connectivity index (χ3n) is 5.05. The first kappa shape index (κ1) is 19.7. The number of hydrogen-bond acceptors (Lipinski definition) is 3. The summed E-state index contributed by atoms with van der Waals surface area (Å²) in [5.74, 6) is 2.20. The van der Waals surface area contributed by atoms with E-state index < -0.39 is 0 Å². The second-order valence-corrected chi connectivity index (χ2v) is 7.82. The molecule has 0 aliphatic heterocycles. The Morgan fingerprint density at radius 3 is 2.52 bits per heavy atom. The van der Waals surface area contributed by atoms with E-state index >= 15 is 0 Å². The van der Waals surface area contributed by atoms with Crippen LogP contribution in [0, 0.1) is 5.92 Å². The van der Waals surface area contributed by atoms with E-state index in [0.717, 1.165) is 34.9 Å². The summed E-state index contributed by atoms with van der Waals surface area (Å²) >= 11 is 3.40. The summed E-state index contributed by atoms with van der Waals surface area (Å²) in [7, 11) is 1.60. The Labute approximate surface area is 169 Å². The molecule has 4 nitrogen and oxygen atoms in total. The molecule has 0 radical (unpaired) electrons. The highest BCUT2D eigenvalue weighted by Gasteiger charge is 2.13. The molecule has 2 aromatic carbocycles. The minimum atomic E-state index is -0.163. The predicted octanol–water partition coefficient (Wildman–Crippen LogP) is 6.06. The molecule has 1 fully saturated rings. The Bertz CT molecular complexity index is 755. The highest BCUT2D eigenvalue weighted by atomic mass is 79.9. The molecule has 1 saturated carbocycles. The van der Waals surface area contributed by atoms with Crippen LogP contribution >= 0.6 is 15.9 Å². The van der Waals surface area contributed by atoms with Crippen molar-refractivity contribution in [3.05, 3.63) is 52.5 Å². The summed E-state index contributed by atoms with van der Waals surface area (Å²) in [6, 6.07) is 12.8. The third kappa shape index (κ3) is 5.73. The zero-order valence-electron chi connectivity index (χ0n) is 15.7. The van der Waals surface area contributed by atoms with Crippen molar-refractivity contribution >= 4 is 27.5 Å². The van der Waals surface area contributed by atoms with Gasteiger partial charge in [0.15, 0.2) is 0 Å². The van der Waals surface area contributed by atoms with Crippen LogP contribution < -0.4 is 14.8 Å². The van der Waals surface area contributed by atoms with Crippen molar-refractivity contribution in [2.75, 3.05) is 19.0 Å². The number of amides is 1. The molecule has 2 aromatic rings. The summed E-state index contributed by atoms with van der Waals surface area (Å²) in [6.07, 6.45) is 7.93. The highest BCUT2D eigenvalue weighted by molar-refractivity contribution is 9.10. The number of nitrogens with one attached hydrogen (secondary N) is 1. The van der Waals surface area contributed by atoms with Gasteiger partial charge in [0.2, 0.25) is 0 Å². The van der Waals surface area contributed by atoms with Crippen molar-refractivity contribution in [3.8, 4) is 11.5 Å². The molecule has 0 spiro atoms. The summed E-state index contributed by atoms with van der Waals surface area (Å²) in [4.78, 5) is 12.4. The average molecular weight is 432 g/mol. The van der Waals surface area contributed by atoms with Crippen molar-refractivity contribution in [1.29, 1.82) is 0 Å². The number of methoxy groups -OCH3 is 1. The van der Waals surface area contributed by atoms with Crippen LogP contribution in [0.15, 0.2) is 46.9 Å². The Morgan fingerprint density at radius 1 is 1.11 bits per heavy atom. The van der Waals surface area contributed by atoms with E-state index in [1.54, 1.807) is 25.3 Å². The largest absolute Gasteiger partial charge is 0.496 e. The van der Waals surface area contributed by atoms with E-state index in [1.165, 1.54) is 32.1 Å². The lowest BCUT2D eigenvalue weighted by Crippen LogP contribution is -2.12. The lowest BCUT2D eigenvalue weighted by Gasteiger charge is -2.21. The van der Waals surface area contributed by atoms with Gasteiger partial charge < -0.3 is 14.8 Å². The number of anilines is 1. The predicted molar refractivity (Wildman–Crippen MR) is 112 cm³/mol. The number of hydrogen-bond donors (Lipinski definition) is 1. The molecule has 27 heavy (non-hydrogen) atoms. The van der Waals surface area contributed by atoms with Gasteiger partial charge in [-0.15, -0.1) is 0 Å². The zero-order valence-corrected chi connectivity index (χ0v) is 17.3. The van der Waals surface area contributed by atoms with Crippen molar-refractivity contribution < 1.29 is 14.3 Å². The second-order valence-electron chi connectivity index (χ2n) is 6.97. The van der Waals surface area contributed by atoms with Gasteiger partial charge in [-0.1, -0.05) is 32.1 Å². The summed E-state index contributed by atoms with van der Waals surface area (Å²) in [5.41, 5.74) is 1.31. The van der Waals surface area contributed by atoms with E-state index in [2.05, 4.69) is 21.2 Å². The van der Waals surface area contributed by atoms with E-state index in [1.807, 2.05) is 24.3 Å². The molecule has 0 unspecified atom stereocenters. The van der Waals surface area contributed by atoms with E-state index in [4.69, 9.17) is 9.47 Å². The zero-order chi connectivity index (χ0) is 19.1. The van der Waals surface area contributed by atoms with Crippen LogP contribution in [0.1, 0.15) is 48.9 Å². The number of halogens is 1. The van der Waals surface area contributed by atoms with Crippen LogP contribution in [-0.2, 0) is 0 Å². The minimum absolute atomic E-state index is 0.163. The third-order valence-corrected chi connectivity index (χ3v) is 5.67. The fraction of sp³-hybridized carbons (Fsp3) is 0.409. The lowest BCUT2D eigenvalue weighted by atomic mass is 9.87. The topological polar surface area (TPSA) is 47.6 Å². The molecule has 0 atom stereocenters. The van der Waals surface area contributed by atoms with E-state index in [0.29, 0.717) is 11.3 Å². The first-order valence-electron chi connectivity index (χ1n) is 9.53. The maximum atomic E-state index is 12.4. The molecule has 5 heteroatoms. The van der Waals surface area contributed by atoms with Crippen LogP contribution in [0.25, 0.3) is 0 Å². The Morgan fingerprint density at radius 2 is 1.85 bits per heavy atom. The summed E-state index contributed by atoms with van der Waals surface area (Å²) in [5, 5.41) is 2.90. The standard InChI is InChI=1S/C22H26BrNO3/c1-26-21-12-7-17(15-20(21)23)22(25)24-18-8-10-19(11-9-18)27-14-13-16-5-3-2-4-6-16/h7-12,15-16H,2-6,13-14H2,1H3,(H,24,25). The number of rotatable bonds is 7. The van der Waals surface area contributed by atoms with Gasteiger partial charge in [0, 0.05) is 11.3 Å². The molecule has 0 saturated heterocycles. The molecule has 1 aliphatic carbocycles. The van der Waals surface area contributed by atoms with Crippen molar-refractivity contribution in [3.63, 3.8) is 0 Å². The fourth-order valence-corrected chi connectivity index (χ4v) is 4.01. The van der Waals surface area contributed by atoms with Crippen molar-refractivity contribution in [2.24, 2.45) is 5.92 Å². The second kappa shape index (κ2) is 9.79. The molecule has 0 heterocycles. The number of ether oxygens (including phenoxy) is 2. The van der Waals surface area contributed by atoms with Crippen LogP contribution in [-0.4, -0.2) is 19.6 Å². The highest BCUT2D eigenvalue weighted by Crippen LogP contribution is 2.27. The van der Waals surface area contributed by atoms with Gasteiger partial charge in [-0.2, -0.15) is 0 Å². The number of benzene rings is 2. The van der Waals surface area contributed by atoms with Gasteiger partial charge in [-0.05, 0) is 70.7 Å². The van der Waals surface area contributed by atoms with Gasteiger partial charge in [0.25, 0.3) is 5.91 Å². The smallest absolute Gasteiger partial charge is 0.255 e. The molecular formula is C22H26BrNO3. The minimum Gasteiger partial charge on any atom is -0.496 e. The van der Waals surface area contributed by atoms with Gasteiger partial charge in [0.1, 0.15) is 11.5 Å². The molecular weight excluding hydrogens is 406 g/mol. The van der Waals surface area contributed by atoms with E-state index in [9.17, 15) is 4.79 Å². The molecule has 144 valence electrons. The molecule has 1 N–H and O–H groups in total. The summed E-state index contributed by atoms with van der Waals surface area (Å²) < 4.78 is 11.8. The van der Waals surface area contributed by atoms with Gasteiger partial charge in [-0.3, -0.25) is 4.79 Å². The van der Waals surface area contributed by atoms with Crippen molar-refractivity contribution in [2.45, 2.75) is 38.5 Å². The molecule has 1 aliphatic rings. The molecule has 0 aromatic heterocycles. The van der Waals surface area contributed by atoms with Gasteiger partial charge >= 0.3 is 0 Å². The van der Waals surface area contributed by atoms with Crippen LogP contribution in [0.2, 0.25) is 0 Å². The molecule has 0 bridgehead atoms. The van der Waals surface area contributed by atoms with Crippen molar-refractivity contribution in [1.82, 2.24) is 0 Å². The van der Waals surface area contributed by atoms with Crippen LogP contribution in [0.3, 0.4) is 0 Å². The summed E-state index contributed by atoms with van der Waals surface area (Å²) in [6.45, 7) is 0.760. The Kier molecular flexibility index (Phi) is 7.16. The van der Waals surface area contributed by atoms with Gasteiger partial charge in [-0.25, -0.2) is 0 Å². The molecule has 1 amide bonds.